The number of carbonyl (C=O) groups excluding carboxylic acids is 1. The Morgan fingerprint density at radius 2 is 1.83 bits per heavy atom. The number of benzene rings is 2. The second-order valence-corrected chi connectivity index (χ2v) is 6.42. The summed E-state index contributed by atoms with van der Waals surface area (Å²) in [5.74, 6) is 0.646. The Kier molecular flexibility index (Phi) is 5.66. The molecule has 0 aromatic heterocycles. The largest absolute Gasteiger partial charge is 0.481 e. The molecular formula is C21H27NO2. The fourth-order valence-corrected chi connectivity index (χ4v) is 2.79. The van der Waals surface area contributed by atoms with E-state index in [-0.39, 0.29) is 5.91 Å². The Labute approximate surface area is 145 Å². The molecular weight excluding hydrogens is 298 g/mol. The summed E-state index contributed by atoms with van der Waals surface area (Å²) >= 11 is 0. The van der Waals surface area contributed by atoms with Gasteiger partial charge in [-0.2, -0.15) is 0 Å². The van der Waals surface area contributed by atoms with E-state index >= 15 is 0 Å². The molecule has 0 saturated carbocycles. The predicted molar refractivity (Wildman–Crippen MR) is 99.9 cm³/mol. The summed E-state index contributed by atoms with van der Waals surface area (Å²) in [6.45, 7) is 12.0. The molecule has 3 heteroatoms. The Morgan fingerprint density at radius 1 is 1.12 bits per heavy atom. The molecule has 0 radical (unpaired) electrons. The number of carbonyl (C=O) groups is 1. The molecule has 0 saturated heterocycles. The topological polar surface area (TPSA) is 38.3 Å². The minimum absolute atomic E-state index is 0.127. The van der Waals surface area contributed by atoms with Crippen LogP contribution in [0.25, 0.3) is 0 Å². The second kappa shape index (κ2) is 7.52. The lowest BCUT2D eigenvalue weighted by Gasteiger charge is -2.19. The Bertz CT molecular complexity index is 750. The zero-order chi connectivity index (χ0) is 17.9. The van der Waals surface area contributed by atoms with Crippen LogP contribution in [0.5, 0.6) is 5.75 Å². The molecule has 0 bridgehead atoms. The van der Waals surface area contributed by atoms with Gasteiger partial charge in [-0.25, -0.2) is 0 Å². The van der Waals surface area contributed by atoms with Crippen molar-refractivity contribution in [1.29, 1.82) is 0 Å². The third-order valence-electron chi connectivity index (χ3n) is 4.43. The standard InChI is InChI=1S/C21H27NO2/c1-7-18-10-8-9-14(3)20(18)22-21(23)17(6)24-19-12-13(2)11-15(4)16(19)5/h8-12,17H,7H2,1-6H3,(H,22,23). The van der Waals surface area contributed by atoms with E-state index < -0.39 is 6.10 Å². The number of hydrogen-bond acceptors (Lipinski definition) is 2. The van der Waals surface area contributed by atoms with Crippen molar-refractivity contribution < 1.29 is 9.53 Å². The van der Waals surface area contributed by atoms with Crippen LogP contribution in [0.3, 0.4) is 0 Å². The highest BCUT2D eigenvalue weighted by molar-refractivity contribution is 5.95. The molecule has 1 unspecified atom stereocenters. The molecule has 2 aromatic rings. The van der Waals surface area contributed by atoms with Gasteiger partial charge in [-0.15, -0.1) is 0 Å². The minimum atomic E-state index is -0.561. The Morgan fingerprint density at radius 3 is 2.50 bits per heavy atom. The minimum Gasteiger partial charge on any atom is -0.481 e. The number of para-hydroxylation sites is 1. The molecule has 1 N–H and O–H groups in total. The van der Waals surface area contributed by atoms with Crippen molar-refractivity contribution in [1.82, 2.24) is 0 Å². The van der Waals surface area contributed by atoms with Crippen LogP contribution in [0.1, 0.15) is 41.7 Å². The van der Waals surface area contributed by atoms with Gasteiger partial charge >= 0.3 is 0 Å². The van der Waals surface area contributed by atoms with E-state index in [1.165, 1.54) is 5.56 Å². The van der Waals surface area contributed by atoms with E-state index in [1.807, 2.05) is 45.0 Å². The highest BCUT2D eigenvalue weighted by Crippen LogP contribution is 2.25. The lowest BCUT2D eigenvalue weighted by atomic mass is 10.1. The summed E-state index contributed by atoms with van der Waals surface area (Å²) in [5, 5.41) is 3.03. The summed E-state index contributed by atoms with van der Waals surface area (Å²) in [6, 6.07) is 10.2. The van der Waals surface area contributed by atoms with Gasteiger partial charge < -0.3 is 10.1 Å². The van der Waals surface area contributed by atoms with Gasteiger partial charge in [0.2, 0.25) is 0 Å². The summed E-state index contributed by atoms with van der Waals surface area (Å²) in [5.41, 5.74) is 6.48. The summed E-state index contributed by atoms with van der Waals surface area (Å²) < 4.78 is 5.94. The molecule has 3 nitrogen and oxygen atoms in total. The van der Waals surface area contributed by atoms with Crippen molar-refractivity contribution >= 4 is 11.6 Å². The summed E-state index contributed by atoms with van der Waals surface area (Å²) in [6.07, 6.45) is 0.317. The van der Waals surface area contributed by atoms with Crippen LogP contribution >= 0.6 is 0 Å². The van der Waals surface area contributed by atoms with E-state index in [1.54, 1.807) is 6.92 Å². The van der Waals surface area contributed by atoms with Gasteiger partial charge in [0.15, 0.2) is 6.10 Å². The van der Waals surface area contributed by atoms with Crippen LogP contribution < -0.4 is 10.1 Å². The number of rotatable bonds is 5. The zero-order valence-electron chi connectivity index (χ0n) is 15.5. The molecule has 0 fully saturated rings. The third-order valence-corrected chi connectivity index (χ3v) is 4.43. The van der Waals surface area contributed by atoms with Gasteiger partial charge in [0.25, 0.3) is 5.91 Å². The van der Waals surface area contributed by atoms with Crippen LogP contribution in [0.2, 0.25) is 0 Å². The lowest BCUT2D eigenvalue weighted by molar-refractivity contribution is -0.122. The Balaban J connectivity index is 2.17. The molecule has 0 heterocycles. The molecule has 0 aliphatic heterocycles. The maximum atomic E-state index is 12.6. The fraction of sp³-hybridized carbons (Fsp3) is 0.381. The highest BCUT2D eigenvalue weighted by Gasteiger charge is 2.18. The summed E-state index contributed by atoms with van der Waals surface area (Å²) in [7, 11) is 0. The number of aryl methyl sites for hydroxylation is 4. The average molecular weight is 325 g/mol. The van der Waals surface area contributed by atoms with Crippen LogP contribution in [0, 0.1) is 27.7 Å². The Hall–Kier alpha value is -2.29. The first kappa shape index (κ1) is 18.1. The number of anilines is 1. The smallest absolute Gasteiger partial charge is 0.265 e. The van der Waals surface area contributed by atoms with E-state index in [0.717, 1.165) is 40.1 Å². The van der Waals surface area contributed by atoms with Crippen molar-refractivity contribution in [2.24, 2.45) is 0 Å². The fourth-order valence-electron chi connectivity index (χ4n) is 2.79. The van der Waals surface area contributed by atoms with Crippen molar-refractivity contribution in [3.05, 3.63) is 58.1 Å². The number of nitrogens with one attached hydrogen (secondary N) is 1. The molecule has 0 spiro atoms. The predicted octanol–water partition coefficient (Wildman–Crippen LogP) is 4.89. The highest BCUT2D eigenvalue weighted by atomic mass is 16.5. The van der Waals surface area contributed by atoms with Gasteiger partial charge in [0, 0.05) is 5.69 Å². The maximum absolute atomic E-state index is 12.6. The molecule has 128 valence electrons. The van der Waals surface area contributed by atoms with Crippen LogP contribution in [-0.4, -0.2) is 12.0 Å². The quantitative estimate of drug-likeness (QED) is 0.850. The van der Waals surface area contributed by atoms with Crippen LogP contribution in [0.15, 0.2) is 30.3 Å². The molecule has 2 aromatic carbocycles. The van der Waals surface area contributed by atoms with Gasteiger partial charge in [-0.05, 0) is 74.9 Å². The van der Waals surface area contributed by atoms with E-state index in [0.29, 0.717) is 0 Å². The molecule has 0 aliphatic carbocycles. The monoisotopic (exact) mass is 325 g/mol. The lowest BCUT2D eigenvalue weighted by Crippen LogP contribution is -2.31. The third kappa shape index (κ3) is 3.97. The van der Waals surface area contributed by atoms with Crippen molar-refractivity contribution in [3.8, 4) is 5.75 Å². The molecule has 2 rings (SSSR count). The number of hydrogen-bond donors (Lipinski definition) is 1. The average Bonchev–Trinajstić information content (AvgIpc) is 2.53. The second-order valence-electron chi connectivity index (χ2n) is 6.42. The van der Waals surface area contributed by atoms with E-state index in [9.17, 15) is 4.79 Å². The normalized spacial score (nSPS) is 11.9. The van der Waals surface area contributed by atoms with Gasteiger partial charge in [-0.3, -0.25) is 4.79 Å². The SMILES string of the molecule is CCc1cccc(C)c1NC(=O)C(C)Oc1cc(C)cc(C)c1C. The number of ether oxygens (including phenoxy) is 1. The first-order valence-corrected chi connectivity index (χ1v) is 8.47. The molecule has 1 atom stereocenters. The van der Waals surface area contributed by atoms with Gasteiger partial charge in [0.05, 0.1) is 0 Å². The van der Waals surface area contributed by atoms with Crippen LogP contribution in [-0.2, 0) is 11.2 Å². The van der Waals surface area contributed by atoms with Gasteiger partial charge in [0.1, 0.15) is 5.75 Å². The van der Waals surface area contributed by atoms with Gasteiger partial charge in [-0.1, -0.05) is 31.2 Å². The van der Waals surface area contributed by atoms with Crippen molar-refractivity contribution in [3.63, 3.8) is 0 Å². The summed E-state index contributed by atoms with van der Waals surface area (Å²) in [4.78, 5) is 12.6. The number of amides is 1. The first-order chi connectivity index (χ1) is 11.3. The van der Waals surface area contributed by atoms with Crippen LogP contribution in [0.4, 0.5) is 5.69 Å². The maximum Gasteiger partial charge on any atom is 0.265 e. The molecule has 0 aliphatic rings. The van der Waals surface area contributed by atoms with Crippen molar-refractivity contribution in [2.75, 3.05) is 5.32 Å². The molecule has 1 amide bonds. The first-order valence-electron chi connectivity index (χ1n) is 8.47. The van der Waals surface area contributed by atoms with E-state index in [2.05, 4.69) is 25.2 Å². The molecule has 24 heavy (non-hydrogen) atoms. The van der Waals surface area contributed by atoms with E-state index in [4.69, 9.17) is 4.74 Å². The zero-order valence-corrected chi connectivity index (χ0v) is 15.5. The van der Waals surface area contributed by atoms with Crippen molar-refractivity contribution in [2.45, 2.75) is 54.1 Å².